The van der Waals surface area contributed by atoms with Gasteiger partial charge in [-0.25, -0.2) is 4.98 Å². The highest BCUT2D eigenvalue weighted by atomic mass is 35.5. The molecule has 0 aliphatic carbocycles. The Kier molecular flexibility index (Phi) is 7.82. The third kappa shape index (κ3) is 5.63. The predicted molar refractivity (Wildman–Crippen MR) is 151 cm³/mol. The predicted octanol–water partition coefficient (Wildman–Crippen LogP) is 7.02. The van der Waals surface area contributed by atoms with E-state index in [0.29, 0.717) is 16.6 Å². The average molecular weight is 507 g/mol. The Morgan fingerprint density at radius 2 is 1.97 bits per heavy atom. The number of hydrogen-bond acceptors (Lipinski definition) is 5. The quantitative estimate of drug-likeness (QED) is 0.337. The topological polar surface area (TPSA) is 63.4 Å². The Balaban J connectivity index is 1.68. The number of anilines is 2. The van der Waals surface area contributed by atoms with Crippen LogP contribution < -0.4 is 15.8 Å². The molecule has 0 bridgehead atoms. The second-order valence-electron chi connectivity index (χ2n) is 10.8. The van der Waals surface area contributed by atoms with Crippen molar-refractivity contribution in [2.45, 2.75) is 66.2 Å². The van der Waals surface area contributed by atoms with Crippen LogP contribution in [-0.2, 0) is 13.1 Å². The molecule has 0 radical (unpaired) electrons. The summed E-state index contributed by atoms with van der Waals surface area (Å²) in [5.74, 6) is 1.23. The molecule has 0 saturated carbocycles. The zero-order chi connectivity index (χ0) is 26.0. The molecule has 0 spiro atoms. The van der Waals surface area contributed by atoms with E-state index < -0.39 is 0 Å². The Hall–Kier alpha value is -2.76. The van der Waals surface area contributed by atoms with E-state index in [9.17, 15) is 0 Å². The number of pyridine rings is 1. The largest absolute Gasteiger partial charge is 0.470 e. The molecule has 1 aliphatic rings. The number of ether oxygens (including phenoxy) is 1. The van der Waals surface area contributed by atoms with Crippen molar-refractivity contribution in [1.29, 1.82) is 0 Å². The fourth-order valence-corrected chi connectivity index (χ4v) is 5.57. The fraction of sp³-hybridized carbons (Fsp3) is 0.433. The van der Waals surface area contributed by atoms with Crippen molar-refractivity contribution in [2.24, 2.45) is 5.92 Å². The summed E-state index contributed by atoms with van der Waals surface area (Å²) in [5.41, 5.74) is 13.7. The molecule has 36 heavy (non-hydrogen) atoms. The van der Waals surface area contributed by atoms with Gasteiger partial charge in [-0.1, -0.05) is 55.8 Å². The molecule has 192 valence electrons. The summed E-state index contributed by atoms with van der Waals surface area (Å²) in [6.45, 7) is 16.2. The van der Waals surface area contributed by atoms with E-state index in [1.54, 1.807) is 6.20 Å². The van der Waals surface area contributed by atoms with E-state index in [4.69, 9.17) is 22.1 Å². The van der Waals surface area contributed by atoms with Crippen LogP contribution in [0.1, 0.15) is 68.4 Å². The highest BCUT2D eigenvalue weighted by molar-refractivity contribution is 6.34. The summed E-state index contributed by atoms with van der Waals surface area (Å²) in [5, 5.41) is 3.95. The number of benzene rings is 2. The van der Waals surface area contributed by atoms with Gasteiger partial charge in [-0.05, 0) is 68.0 Å². The lowest BCUT2D eigenvalue weighted by atomic mass is 9.81. The van der Waals surface area contributed by atoms with Crippen LogP contribution in [-0.4, -0.2) is 28.6 Å². The second kappa shape index (κ2) is 10.7. The van der Waals surface area contributed by atoms with Gasteiger partial charge in [0.1, 0.15) is 5.60 Å². The lowest BCUT2D eigenvalue weighted by molar-refractivity contribution is 0.0645. The maximum absolute atomic E-state index is 6.85. The van der Waals surface area contributed by atoms with Crippen molar-refractivity contribution < 1.29 is 4.74 Å². The molecule has 2 heterocycles. The van der Waals surface area contributed by atoms with Crippen LogP contribution in [0, 0.1) is 12.8 Å². The van der Waals surface area contributed by atoms with Crippen LogP contribution >= 0.6 is 11.6 Å². The van der Waals surface area contributed by atoms with Gasteiger partial charge in [0.05, 0.1) is 16.4 Å². The van der Waals surface area contributed by atoms with Gasteiger partial charge in [0, 0.05) is 43.9 Å². The number of nitrogens with one attached hydrogen (secondary N) is 1. The highest BCUT2D eigenvalue weighted by Gasteiger charge is 2.30. The summed E-state index contributed by atoms with van der Waals surface area (Å²) < 4.78 is 6.26. The molecule has 1 atom stereocenters. The number of nitrogen functional groups attached to an aromatic ring is 1. The molecular weight excluding hydrogens is 468 g/mol. The molecule has 3 aromatic rings. The minimum absolute atomic E-state index is 0.142. The first-order chi connectivity index (χ1) is 17.1. The summed E-state index contributed by atoms with van der Waals surface area (Å²) in [4.78, 5) is 6.94. The summed E-state index contributed by atoms with van der Waals surface area (Å²) in [7, 11) is 0. The molecule has 2 aromatic carbocycles. The van der Waals surface area contributed by atoms with Crippen LogP contribution in [0.25, 0.3) is 0 Å². The minimum Gasteiger partial charge on any atom is -0.470 e. The molecule has 3 N–H and O–H groups in total. The first-order valence-corrected chi connectivity index (χ1v) is 13.2. The van der Waals surface area contributed by atoms with Crippen molar-refractivity contribution in [2.75, 3.05) is 24.1 Å². The number of nitrogens with two attached hydrogens (primary N) is 1. The standard InChI is InChI=1S/C30H39ClN4O/c1-7-33-25-13-12-24(27(31)28(25)32)26(19(2)3)21-11-10-20(4)23(15-21)17-35-16-22-9-8-14-34-29(22)36-30(5,6)18-35/h8-15,19,26,33H,7,16-18,32H2,1-6H3. The molecule has 0 saturated heterocycles. The third-order valence-corrected chi connectivity index (χ3v) is 7.35. The van der Waals surface area contributed by atoms with Crippen molar-refractivity contribution in [1.82, 2.24) is 9.88 Å². The van der Waals surface area contributed by atoms with Crippen molar-refractivity contribution in [3.05, 3.63) is 81.5 Å². The van der Waals surface area contributed by atoms with Crippen LogP contribution in [0.5, 0.6) is 5.88 Å². The zero-order valence-electron chi connectivity index (χ0n) is 22.4. The number of nitrogens with zero attached hydrogens (tertiary/aromatic N) is 2. The first kappa shape index (κ1) is 26.3. The first-order valence-electron chi connectivity index (χ1n) is 12.9. The molecule has 1 unspecified atom stereocenters. The van der Waals surface area contributed by atoms with Crippen molar-refractivity contribution in [3.63, 3.8) is 0 Å². The number of aryl methyl sites for hydroxylation is 1. The number of hydrogen-bond donors (Lipinski definition) is 2. The van der Waals surface area contributed by atoms with Crippen LogP contribution in [0.4, 0.5) is 11.4 Å². The van der Waals surface area contributed by atoms with Gasteiger partial charge in [-0.2, -0.15) is 0 Å². The zero-order valence-corrected chi connectivity index (χ0v) is 23.1. The Morgan fingerprint density at radius 1 is 1.19 bits per heavy atom. The van der Waals surface area contributed by atoms with Gasteiger partial charge in [0.15, 0.2) is 0 Å². The van der Waals surface area contributed by atoms with Gasteiger partial charge >= 0.3 is 0 Å². The van der Waals surface area contributed by atoms with Gasteiger partial charge in [0.2, 0.25) is 5.88 Å². The molecule has 1 aromatic heterocycles. The molecule has 0 amide bonds. The van der Waals surface area contributed by atoms with Gasteiger partial charge in [-0.3, -0.25) is 4.90 Å². The summed E-state index contributed by atoms with van der Waals surface area (Å²) in [6, 6.07) is 15.1. The van der Waals surface area contributed by atoms with Crippen LogP contribution in [0.3, 0.4) is 0 Å². The summed E-state index contributed by atoms with van der Waals surface area (Å²) in [6.07, 6.45) is 1.80. The third-order valence-electron chi connectivity index (χ3n) is 6.93. The molecule has 6 heteroatoms. The van der Waals surface area contributed by atoms with E-state index in [-0.39, 0.29) is 11.5 Å². The average Bonchev–Trinajstić information content (AvgIpc) is 2.94. The van der Waals surface area contributed by atoms with Gasteiger partial charge in [0.25, 0.3) is 0 Å². The number of halogens is 1. The molecular formula is C30H39ClN4O. The maximum Gasteiger partial charge on any atom is 0.218 e. The monoisotopic (exact) mass is 506 g/mol. The smallest absolute Gasteiger partial charge is 0.218 e. The van der Waals surface area contributed by atoms with Crippen LogP contribution in [0.2, 0.25) is 5.02 Å². The minimum atomic E-state index is -0.328. The lowest BCUT2D eigenvalue weighted by Gasteiger charge is -2.30. The molecule has 1 aliphatic heterocycles. The Bertz CT molecular complexity index is 1220. The number of rotatable bonds is 7. The Morgan fingerprint density at radius 3 is 2.69 bits per heavy atom. The van der Waals surface area contributed by atoms with E-state index in [1.165, 1.54) is 16.7 Å². The van der Waals surface area contributed by atoms with Gasteiger partial charge in [-0.15, -0.1) is 0 Å². The Labute approximate surface area is 221 Å². The highest BCUT2D eigenvalue weighted by Crippen LogP contribution is 2.41. The second-order valence-corrected chi connectivity index (χ2v) is 11.2. The van der Waals surface area contributed by atoms with Crippen LogP contribution in [0.15, 0.2) is 48.7 Å². The van der Waals surface area contributed by atoms with Gasteiger partial charge < -0.3 is 15.8 Å². The number of fused-ring (bicyclic) bond motifs is 1. The summed E-state index contributed by atoms with van der Waals surface area (Å²) >= 11 is 6.85. The van der Waals surface area contributed by atoms with Crippen molar-refractivity contribution >= 4 is 23.0 Å². The molecule has 5 nitrogen and oxygen atoms in total. The van der Waals surface area contributed by atoms with E-state index >= 15 is 0 Å². The fourth-order valence-electron chi connectivity index (χ4n) is 5.29. The maximum atomic E-state index is 6.85. The normalized spacial score (nSPS) is 16.2. The lowest BCUT2D eigenvalue weighted by Crippen LogP contribution is -2.40. The van der Waals surface area contributed by atoms with E-state index in [2.05, 4.69) is 93.1 Å². The molecule has 0 fully saturated rings. The SMILES string of the molecule is CCNc1ccc(C(c2ccc(C)c(CN3Cc4cccnc4OC(C)(C)C3)c2)C(C)C)c(Cl)c1N. The number of aromatic nitrogens is 1. The van der Waals surface area contributed by atoms with E-state index in [1.807, 2.05) is 6.07 Å². The van der Waals surface area contributed by atoms with Crippen molar-refractivity contribution in [3.8, 4) is 5.88 Å². The van der Waals surface area contributed by atoms with E-state index in [0.717, 1.165) is 48.9 Å². The molecule has 4 rings (SSSR count).